The molecule has 0 amide bonds. The van der Waals surface area contributed by atoms with Crippen LogP contribution in [0.5, 0.6) is 0 Å². The van der Waals surface area contributed by atoms with Crippen molar-refractivity contribution in [1.82, 2.24) is 4.90 Å². The Kier molecular flexibility index (Phi) is 2.26. The molecular formula is C10H15NO. The Hall–Kier alpha value is -0.630. The molecule has 2 heteroatoms. The second kappa shape index (κ2) is 3.40. The van der Waals surface area contributed by atoms with E-state index in [1.807, 2.05) is 0 Å². The molecule has 0 unspecified atom stereocenters. The number of piperidine rings is 1. The first-order valence-corrected chi connectivity index (χ1v) is 4.77. The van der Waals surface area contributed by atoms with Crippen LogP contribution in [-0.4, -0.2) is 29.8 Å². The Bertz CT molecular complexity index is 192. The highest BCUT2D eigenvalue weighted by atomic mass is 16.1. The molecule has 0 saturated carbocycles. The monoisotopic (exact) mass is 165 g/mol. The lowest BCUT2D eigenvalue weighted by atomic mass is 10.1. The van der Waals surface area contributed by atoms with Gasteiger partial charge in [-0.1, -0.05) is 12.2 Å². The first-order valence-electron chi connectivity index (χ1n) is 4.77. The van der Waals surface area contributed by atoms with E-state index in [1.54, 1.807) is 0 Å². The topological polar surface area (TPSA) is 20.3 Å². The molecule has 66 valence electrons. The van der Waals surface area contributed by atoms with Crippen molar-refractivity contribution < 1.29 is 4.79 Å². The minimum Gasteiger partial charge on any atom is -0.300 e. The number of carbonyl (C=O) groups is 1. The van der Waals surface area contributed by atoms with Gasteiger partial charge in [0.25, 0.3) is 0 Å². The zero-order valence-electron chi connectivity index (χ0n) is 7.33. The van der Waals surface area contributed by atoms with Crippen molar-refractivity contribution in [2.75, 3.05) is 13.1 Å². The van der Waals surface area contributed by atoms with Crippen molar-refractivity contribution in [1.29, 1.82) is 0 Å². The minimum absolute atomic E-state index is 0.442. The van der Waals surface area contributed by atoms with Gasteiger partial charge in [-0.3, -0.25) is 9.69 Å². The Morgan fingerprint density at radius 1 is 1.17 bits per heavy atom. The van der Waals surface area contributed by atoms with E-state index in [1.165, 1.54) is 12.8 Å². The smallest absolute Gasteiger partial charge is 0.135 e. The number of hydrogen-bond acceptors (Lipinski definition) is 2. The third-order valence-electron chi connectivity index (χ3n) is 2.86. The standard InChI is InChI=1S/C10H15NO/c12-10-5-7-11(8-6-10)9-3-1-2-4-9/h1-2,9H,3-8H2. The third-order valence-corrected chi connectivity index (χ3v) is 2.86. The molecule has 1 heterocycles. The summed E-state index contributed by atoms with van der Waals surface area (Å²) in [4.78, 5) is 13.4. The van der Waals surface area contributed by atoms with Gasteiger partial charge in [0.1, 0.15) is 5.78 Å². The van der Waals surface area contributed by atoms with Crippen molar-refractivity contribution in [2.45, 2.75) is 31.7 Å². The highest BCUT2D eigenvalue weighted by molar-refractivity contribution is 5.79. The predicted octanol–water partition coefficient (Wildman–Crippen LogP) is 1.37. The lowest BCUT2D eigenvalue weighted by molar-refractivity contribution is -0.121. The van der Waals surface area contributed by atoms with Gasteiger partial charge in [-0.05, 0) is 12.8 Å². The van der Waals surface area contributed by atoms with Gasteiger partial charge in [0.2, 0.25) is 0 Å². The first kappa shape index (κ1) is 7.99. The van der Waals surface area contributed by atoms with Gasteiger partial charge in [0.05, 0.1) is 0 Å². The van der Waals surface area contributed by atoms with E-state index >= 15 is 0 Å². The maximum atomic E-state index is 11.0. The van der Waals surface area contributed by atoms with Crippen LogP contribution in [0.4, 0.5) is 0 Å². The summed E-state index contributed by atoms with van der Waals surface area (Å²) in [5.41, 5.74) is 0. The van der Waals surface area contributed by atoms with Crippen molar-refractivity contribution in [2.24, 2.45) is 0 Å². The molecule has 0 aromatic heterocycles. The zero-order chi connectivity index (χ0) is 8.39. The van der Waals surface area contributed by atoms with E-state index in [2.05, 4.69) is 17.1 Å². The number of nitrogens with zero attached hydrogens (tertiary/aromatic N) is 1. The highest BCUT2D eigenvalue weighted by Gasteiger charge is 2.23. The molecular weight excluding hydrogens is 150 g/mol. The molecule has 0 aromatic carbocycles. The van der Waals surface area contributed by atoms with E-state index in [0.717, 1.165) is 25.9 Å². The highest BCUT2D eigenvalue weighted by Crippen LogP contribution is 2.19. The summed E-state index contributed by atoms with van der Waals surface area (Å²) in [7, 11) is 0. The van der Waals surface area contributed by atoms with E-state index in [4.69, 9.17) is 0 Å². The predicted molar refractivity (Wildman–Crippen MR) is 48.0 cm³/mol. The summed E-state index contributed by atoms with van der Waals surface area (Å²) in [6, 6.07) is 0.707. The fourth-order valence-electron chi connectivity index (χ4n) is 2.04. The number of carbonyl (C=O) groups excluding carboxylic acids is 1. The first-order chi connectivity index (χ1) is 5.86. The molecule has 1 aliphatic heterocycles. The van der Waals surface area contributed by atoms with Gasteiger partial charge in [-0.15, -0.1) is 0 Å². The molecule has 0 radical (unpaired) electrons. The van der Waals surface area contributed by atoms with E-state index in [0.29, 0.717) is 11.8 Å². The van der Waals surface area contributed by atoms with E-state index < -0.39 is 0 Å². The lowest BCUT2D eigenvalue weighted by Crippen LogP contribution is -2.40. The van der Waals surface area contributed by atoms with Gasteiger partial charge in [0.15, 0.2) is 0 Å². The summed E-state index contributed by atoms with van der Waals surface area (Å²) >= 11 is 0. The number of rotatable bonds is 1. The second-order valence-electron chi connectivity index (χ2n) is 3.67. The Labute approximate surface area is 73.2 Å². The molecule has 0 bridgehead atoms. The third kappa shape index (κ3) is 1.58. The molecule has 0 aromatic rings. The number of Topliss-reactive ketones (excluding diaryl/α,β-unsaturated/α-hetero) is 1. The molecule has 1 aliphatic carbocycles. The molecule has 1 saturated heterocycles. The Morgan fingerprint density at radius 2 is 1.75 bits per heavy atom. The molecule has 2 rings (SSSR count). The largest absolute Gasteiger partial charge is 0.300 e. The molecule has 2 aliphatic rings. The Morgan fingerprint density at radius 3 is 2.33 bits per heavy atom. The van der Waals surface area contributed by atoms with Crippen LogP contribution in [0.15, 0.2) is 12.2 Å². The van der Waals surface area contributed by atoms with Gasteiger partial charge in [0, 0.05) is 32.0 Å². The van der Waals surface area contributed by atoms with Crippen LogP contribution >= 0.6 is 0 Å². The lowest BCUT2D eigenvalue weighted by Gasteiger charge is -2.31. The normalized spacial score (nSPS) is 26.8. The minimum atomic E-state index is 0.442. The van der Waals surface area contributed by atoms with Gasteiger partial charge in [-0.2, -0.15) is 0 Å². The average Bonchev–Trinajstić information content (AvgIpc) is 2.58. The fraction of sp³-hybridized carbons (Fsp3) is 0.700. The number of likely N-dealkylation sites (tertiary alicyclic amines) is 1. The van der Waals surface area contributed by atoms with Crippen LogP contribution in [0.1, 0.15) is 25.7 Å². The average molecular weight is 165 g/mol. The van der Waals surface area contributed by atoms with Crippen LogP contribution in [0.3, 0.4) is 0 Å². The van der Waals surface area contributed by atoms with Crippen molar-refractivity contribution in [3.63, 3.8) is 0 Å². The second-order valence-corrected chi connectivity index (χ2v) is 3.67. The number of ketones is 1. The molecule has 0 atom stereocenters. The number of hydrogen-bond donors (Lipinski definition) is 0. The van der Waals surface area contributed by atoms with Crippen LogP contribution in [-0.2, 0) is 4.79 Å². The van der Waals surface area contributed by atoms with Crippen LogP contribution in [0.25, 0.3) is 0 Å². The SMILES string of the molecule is O=C1CCN(C2CC=CC2)CC1. The molecule has 0 N–H and O–H groups in total. The molecule has 0 spiro atoms. The maximum Gasteiger partial charge on any atom is 0.135 e. The summed E-state index contributed by atoms with van der Waals surface area (Å²) < 4.78 is 0. The van der Waals surface area contributed by atoms with Crippen molar-refractivity contribution in [3.05, 3.63) is 12.2 Å². The van der Waals surface area contributed by atoms with E-state index in [9.17, 15) is 4.79 Å². The van der Waals surface area contributed by atoms with Crippen molar-refractivity contribution >= 4 is 5.78 Å². The summed E-state index contributed by atoms with van der Waals surface area (Å²) in [5, 5.41) is 0. The maximum absolute atomic E-state index is 11.0. The van der Waals surface area contributed by atoms with Gasteiger partial charge in [-0.25, -0.2) is 0 Å². The van der Waals surface area contributed by atoms with Crippen LogP contribution in [0, 0.1) is 0 Å². The summed E-state index contributed by atoms with van der Waals surface area (Å²) in [5.74, 6) is 0.442. The van der Waals surface area contributed by atoms with E-state index in [-0.39, 0.29) is 0 Å². The quantitative estimate of drug-likeness (QED) is 0.547. The molecule has 2 nitrogen and oxygen atoms in total. The Balaban J connectivity index is 1.85. The fourth-order valence-corrected chi connectivity index (χ4v) is 2.04. The molecule has 12 heavy (non-hydrogen) atoms. The van der Waals surface area contributed by atoms with Crippen molar-refractivity contribution in [3.8, 4) is 0 Å². The van der Waals surface area contributed by atoms with Gasteiger partial charge >= 0.3 is 0 Å². The summed E-state index contributed by atoms with van der Waals surface area (Å²) in [6.45, 7) is 1.98. The zero-order valence-corrected chi connectivity index (χ0v) is 7.33. The summed E-state index contributed by atoms with van der Waals surface area (Å²) in [6.07, 6.45) is 8.43. The molecule has 1 fully saturated rings. The van der Waals surface area contributed by atoms with Crippen LogP contribution < -0.4 is 0 Å². The van der Waals surface area contributed by atoms with Gasteiger partial charge < -0.3 is 0 Å². The van der Waals surface area contributed by atoms with Crippen LogP contribution in [0.2, 0.25) is 0 Å².